The number of allylic oxidation sites excluding steroid dienone is 1. The van der Waals surface area contributed by atoms with E-state index in [-0.39, 0.29) is 12.2 Å². The molecule has 1 aliphatic rings. The van der Waals surface area contributed by atoms with E-state index in [0.29, 0.717) is 27.2 Å². The molecule has 2 heterocycles. The fourth-order valence-corrected chi connectivity index (χ4v) is 8.19. The number of thiazole rings is 1. The number of aromatic nitrogens is 1. The van der Waals surface area contributed by atoms with Crippen molar-refractivity contribution < 1.29 is 14.3 Å². The molecule has 0 amide bonds. The predicted molar refractivity (Wildman–Crippen MR) is 187 cm³/mol. The predicted octanol–water partition coefficient (Wildman–Crippen LogP) is 7.21. The van der Waals surface area contributed by atoms with Crippen LogP contribution in [0.1, 0.15) is 42.1 Å². The fourth-order valence-electron chi connectivity index (χ4n) is 5.38. The largest absolute Gasteiger partial charge is 0.487 e. The Labute approximate surface area is 280 Å². The maximum Gasteiger partial charge on any atom is 0.338 e. The Morgan fingerprint density at radius 2 is 1.82 bits per heavy atom. The monoisotopic (exact) mass is 778 g/mol. The molecule has 222 valence electrons. The molecule has 6 nitrogen and oxygen atoms in total. The number of carbonyl (C=O) groups excluding carboxylic acids is 1. The second-order valence-corrected chi connectivity index (χ2v) is 13.5. The number of ether oxygens (including phenoxy) is 2. The quantitative estimate of drug-likeness (QED) is 0.130. The number of aryl methyl sites for hydroxylation is 1. The number of hydrogen-bond donors (Lipinski definition) is 0. The van der Waals surface area contributed by atoms with Crippen molar-refractivity contribution in [3.63, 3.8) is 0 Å². The van der Waals surface area contributed by atoms with Crippen LogP contribution in [0.25, 0.3) is 16.8 Å². The summed E-state index contributed by atoms with van der Waals surface area (Å²) < 4.78 is 15.5. The van der Waals surface area contributed by atoms with Crippen LogP contribution >= 0.6 is 49.9 Å². The van der Waals surface area contributed by atoms with Crippen molar-refractivity contribution >= 4 is 72.7 Å². The van der Waals surface area contributed by atoms with Gasteiger partial charge in [0.2, 0.25) is 0 Å². The van der Waals surface area contributed by atoms with Gasteiger partial charge < -0.3 is 9.47 Å². The van der Waals surface area contributed by atoms with Gasteiger partial charge in [0.05, 0.1) is 36.5 Å². The molecule has 0 spiro atoms. The highest BCUT2D eigenvalue weighted by molar-refractivity contribution is 14.1. The lowest BCUT2D eigenvalue weighted by molar-refractivity contribution is -0.139. The van der Waals surface area contributed by atoms with E-state index < -0.39 is 12.0 Å². The summed E-state index contributed by atoms with van der Waals surface area (Å²) in [6.07, 6.45) is 1.86. The highest BCUT2D eigenvalue weighted by Gasteiger charge is 2.33. The van der Waals surface area contributed by atoms with Crippen LogP contribution in [-0.4, -0.2) is 17.1 Å². The van der Waals surface area contributed by atoms with Crippen molar-refractivity contribution in [3.8, 4) is 5.75 Å². The second-order valence-electron chi connectivity index (χ2n) is 10.5. The number of hydrogen-bond acceptors (Lipinski definition) is 6. The zero-order chi connectivity index (χ0) is 31.0. The van der Waals surface area contributed by atoms with E-state index in [1.54, 1.807) is 18.4 Å². The molecular formula is C35H28BrIN2O4S. The lowest BCUT2D eigenvalue weighted by Crippen LogP contribution is -2.39. The first-order valence-corrected chi connectivity index (χ1v) is 16.8. The third kappa shape index (κ3) is 5.92. The van der Waals surface area contributed by atoms with Crippen molar-refractivity contribution in [1.82, 2.24) is 4.57 Å². The van der Waals surface area contributed by atoms with Gasteiger partial charge in [-0.25, -0.2) is 9.79 Å². The minimum Gasteiger partial charge on any atom is -0.487 e. The van der Waals surface area contributed by atoms with Gasteiger partial charge in [-0.15, -0.1) is 0 Å². The molecule has 0 saturated carbocycles. The van der Waals surface area contributed by atoms with Crippen LogP contribution in [0.15, 0.2) is 104 Å². The normalized spacial score (nSPS) is 14.8. The van der Waals surface area contributed by atoms with Crippen LogP contribution in [0.5, 0.6) is 5.75 Å². The third-order valence-electron chi connectivity index (χ3n) is 7.48. The standard InChI is InChI=1S/C35H28BrIN2O4S/c1-4-42-34(41)30-21(3)38-35-39(31(30)24-14-12-20(2)13-15-24)33(40)29(44-35)18-22-16-27(36)32(28(37)17-22)43-19-25-10-7-9-23-8-5-6-11-26(23)25/h5-18,31H,4,19H2,1-3H3/b29-18+/t31-/m1/s1. The van der Waals surface area contributed by atoms with Crippen LogP contribution in [0.2, 0.25) is 0 Å². The molecular weight excluding hydrogens is 751 g/mol. The Kier molecular flexibility index (Phi) is 8.89. The van der Waals surface area contributed by atoms with Gasteiger partial charge in [-0.05, 0) is 105 Å². The molecule has 1 aliphatic heterocycles. The van der Waals surface area contributed by atoms with Crippen LogP contribution in [0.3, 0.4) is 0 Å². The summed E-state index contributed by atoms with van der Waals surface area (Å²) >= 11 is 7.27. The SMILES string of the molecule is CCOC(=O)C1=C(C)N=c2s/c(=C/c3cc(Br)c(OCc4cccc5ccccc45)c(I)c3)c(=O)n2[C@@H]1c1ccc(C)cc1. The van der Waals surface area contributed by atoms with Gasteiger partial charge in [-0.1, -0.05) is 83.6 Å². The Morgan fingerprint density at radius 3 is 2.57 bits per heavy atom. The van der Waals surface area contributed by atoms with Crippen molar-refractivity contribution in [1.29, 1.82) is 0 Å². The molecule has 1 aromatic heterocycles. The molecule has 0 radical (unpaired) electrons. The van der Waals surface area contributed by atoms with Crippen LogP contribution < -0.4 is 19.6 Å². The van der Waals surface area contributed by atoms with Crippen molar-refractivity contribution in [3.05, 3.63) is 140 Å². The Hall–Kier alpha value is -3.54. The summed E-state index contributed by atoms with van der Waals surface area (Å²) in [4.78, 5) is 32.3. The number of carbonyl (C=O) groups is 1. The molecule has 4 aromatic carbocycles. The Bertz CT molecular complexity index is 2100. The van der Waals surface area contributed by atoms with Crippen LogP contribution in [0.4, 0.5) is 0 Å². The van der Waals surface area contributed by atoms with E-state index >= 15 is 0 Å². The highest BCUT2D eigenvalue weighted by atomic mass is 127. The summed E-state index contributed by atoms with van der Waals surface area (Å²) in [5.41, 5.74) is 4.58. The summed E-state index contributed by atoms with van der Waals surface area (Å²) in [5, 5.41) is 2.34. The maximum absolute atomic E-state index is 14.0. The lowest BCUT2D eigenvalue weighted by Gasteiger charge is -2.24. The molecule has 0 bridgehead atoms. The van der Waals surface area contributed by atoms with E-state index in [9.17, 15) is 9.59 Å². The van der Waals surface area contributed by atoms with Crippen molar-refractivity contribution in [2.24, 2.45) is 4.99 Å². The van der Waals surface area contributed by atoms with Crippen molar-refractivity contribution in [2.45, 2.75) is 33.4 Å². The second kappa shape index (κ2) is 12.8. The molecule has 6 rings (SSSR count). The topological polar surface area (TPSA) is 69.9 Å². The first-order chi connectivity index (χ1) is 21.2. The van der Waals surface area contributed by atoms with Gasteiger partial charge in [0.1, 0.15) is 12.4 Å². The van der Waals surface area contributed by atoms with E-state index in [1.165, 1.54) is 22.1 Å². The minimum absolute atomic E-state index is 0.212. The number of fused-ring (bicyclic) bond motifs is 2. The van der Waals surface area contributed by atoms with Crippen LogP contribution in [0, 0.1) is 10.5 Å². The number of esters is 1. The summed E-state index contributed by atoms with van der Waals surface area (Å²) in [6.45, 7) is 6.22. The molecule has 0 N–H and O–H groups in total. The van der Waals surface area contributed by atoms with Crippen LogP contribution in [-0.2, 0) is 16.1 Å². The van der Waals surface area contributed by atoms with Gasteiger partial charge in [-0.3, -0.25) is 9.36 Å². The minimum atomic E-state index is -0.634. The molecule has 44 heavy (non-hydrogen) atoms. The highest BCUT2D eigenvalue weighted by Crippen LogP contribution is 2.34. The lowest BCUT2D eigenvalue weighted by atomic mass is 9.95. The molecule has 0 aliphatic carbocycles. The average molecular weight is 779 g/mol. The Balaban J connectivity index is 1.37. The summed E-state index contributed by atoms with van der Waals surface area (Å²) in [7, 11) is 0. The molecule has 9 heteroatoms. The molecule has 0 saturated heterocycles. The zero-order valence-electron chi connectivity index (χ0n) is 24.3. The van der Waals surface area contributed by atoms with Gasteiger partial charge >= 0.3 is 5.97 Å². The van der Waals surface area contributed by atoms with Gasteiger partial charge in [0.25, 0.3) is 5.56 Å². The molecule has 0 fully saturated rings. The average Bonchev–Trinajstić information content (AvgIpc) is 3.30. The molecule has 5 aromatic rings. The van der Waals surface area contributed by atoms with E-state index in [2.05, 4.69) is 67.8 Å². The zero-order valence-corrected chi connectivity index (χ0v) is 28.8. The third-order valence-corrected chi connectivity index (χ3v) is 9.85. The molecule has 0 unspecified atom stereocenters. The van der Waals surface area contributed by atoms with Gasteiger partial charge in [0.15, 0.2) is 4.80 Å². The first kappa shape index (κ1) is 30.5. The fraction of sp³-hybridized carbons (Fsp3) is 0.171. The number of benzene rings is 4. The smallest absolute Gasteiger partial charge is 0.338 e. The van der Waals surface area contributed by atoms with Crippen molar-refractivity contribution in [2.75, 3.05) is 6.61 Å². The maximum atomic E-state index is 14.0. The van der Waals surface area contributed by atoms with Gasteiger partial charge in [-0.2, -0.15) is 0 Å². The van der Waals surface area contributed by atoms with E-state index in [0.717, 1.165) is 36.0 Å². The van der Waals surface area contributed by atoms with E-state index in [1.807, 2.05) is 67.6 Å². The van der Waals surface area contributed by atoms with E-state index in [4.69, 9.17) is 9.47 Å². The number of rotatable bonds is 7. The Morgan fingerprint density at radius 1 is 1.07 bits per heavy atom. The number of halogens is 2. The summed E-state index contributed by atoms with van der Waals surface area (Å²) in [6, 6.07) is 25.7. The van der Waals surface area contributed by atoms with Gasteiger partial charge in [0, 0.05) is 0 Å². The number of nitrogens with zero attached hydrogens (tertiary/aromatic N) is 2. The summed E-state index contributed by atoms with van der Waals surface area (Å²) in [5.74, 6) is 0.275. The molecule has 1 atom stereocenters. The first-order valence-electron chi connectivity index (χ1n) is 14.1.